The monoisotopic (exact) mass is 459 g/mol. The number of methoxy groups -OCH3 is 1. The first-order chi connectivity index (χ1) is 16.4. The molecule has 0 saturated carbocycles. The summed E-state index contributed by atoms with van der Waals surface area (Å²) in [5, 5.41) is 14.3. The van der Waals surface area contributed by atoms with E-state index in [0.29, 0.717) is 36.7 Å². The third-order valence-corrected chi connectivity index (χ3v) is 5.66. The number of aromatic nitrogens is 3. The van der Waals surface area contributed by atoms with E-state index in [0.717, 1.165) is 26.8 Å². The molecule has 0 atom stereocenters. The summed E-state index contributed by atoms with van der Waals surface area (Å²) >= 11 is 0. The predicted octanol–water partition coefficient (Wildman–Crippen LogP) is 4.71. The largest absolute Gasteiger partial charge is 0.616 e. The number of carbonyl (C=O) groups is 1. The molecule has 0 fully saturated rings. The van der Waals surface area contributed by atoms with Crippen molar-refractivity contribution in [3.63, 3.8) is 0 Å². The van der Waals surface area contributed by atoms with Crippen LogP contribution in [0, 0.1) is 11.1 Å². The van der Waals surface area contributed by atoms with Crippen LogP contribution in [0.3, 0.4) is 0 Å². The molecule has 7 nitrogen and oxygen atoms in total. The molecule has 4 aromatic rings. The van der Waals surface area contributed by atoms with Crippen LogP contribution in [-0.2, 0) is 19.4 Å². The number of para-hydroxylation sites is 1. The molecule has 4 rings (SSSR count). The maximum atomic E-state index is 13.4. The number of ether oxygens (including phenoxy) is 2. The van der Waals surface area contributed by atoms with Crippen LogP contribution in [0.1, 0.15) is 48.1 Å². The molecule has 7 heteroatoms. The molecule has 0 aliphatic carbocycles. The number of benzene rings is 2. The summed E-state index contributed by atoms with van der Waals surface area (Å²) in [4.78, 5) is 16.9. The number of carbonyl (C=O) groups excluding carboxylic acids is 1. The van der Waals surface area contributed by atoms with E-state index < -0.39 is 0 Å². The minimum absolute atomic E-state index is 0.0829. The highest BCUT2D eigenvalue weighted by atomic mass is 16.5. The summed E-state index contributed by atoms with van der Waals surface area (Å²) in [5.41, 5.74) is 3.58. The molecule has 0 aliphatic heterocycles. The maximum absolute atomic E-state index is 13.4. The zero-order valence-electron chi connectivity index (χ0n) is 19.9. The maximum Gasteiger partial charge on any atom is 0.402 e. The van der Waals surface area contributed by atoms with Crippen molar-refractivity contribution >= 4 is 16.8 Å². The van der Waals surface area contributed by atoms with E-state index in [-0.39, 0.29) is 17.7 Å². The summed E-state index contributed by atoms with van der Waals surface area (Å²) < 4.78 is 14.0. The summed E-state index contributed by atoms with van der Waals surface area (Å²) in [6.07, 6.45) is 2.62. The van der Waals surface area contributed by atoms with E-state index in [1.165, 1.54) is 14.0 Å². The molecular weight excluding hydrogens is 430 g/mol. The molecule has 0 spiro atoms. The minimum Gasteiger partial charge on any atom is -0.616 e. The average Bonchev–Trinajstić information content (AvgIpc) is 3.19. The molecular formula is C27H29N3O4. The zero-order chi connectivity index (χ0) is 24.2. The Morgan fingerprint density at radius 1 is 1.12 bits per heavy atom. The van der Waals surface area contributed by atoms with Gasteiger partial charge in [-0.15, -0.1) is 4.73 Å². The highest BCUT2D eigenvalue weighted by Crippen LogP contribution is 2.28. The van der Waals surface area contributed by atoms with Crippen molar-refractivity contribution in [1.29, 1.82) is 0 Å². The van der Waals surface area contributed by atoms with Gasteiger partial charge in [0.15, 0.2) is 5.69 Å². The van der Waals surface area contributed by atoms with E-state index in [4.69, 9.17) is 14.5 Å². The SMILES string of the molecule is COc1c(Cc2cn(C(C)=O)c3ccccc23)nc(OCc2ccccc2)c(CC(C)C)[n+]1[O-]. The van der Waals surface area contributed by atoms with Crippen LogP contribution < -0.4 is 14.2 Å². The molecule has 0 unspecified atom stereocenters. The van der Waals surface area contributed by atoms with Crippen molar-refractivity contribution in [2.45, 2.75) is 40.2 Å². The molecule has 176 valence electrons. The highest BCUT2D eigenvalue weighted by molar-refractivity contribution is 5.93. The van der Waals surface area contributed by atoms with Gasteiger partial charge in [0, 0.05) is 31.3 Å². The fourth-order valence-electron chi connectivity index (χ4n) is 4.11. The Labute approximate surface area is 199 Å². The lowest BCUT2D eigenvalue weighted by Gasteiger charge is -2.16. The van der Waals surface area contributed by atoms with Crippen LogP contribution >= 0.6 is 0 Å². The molecule has 2 aromatic heterocycles. The fourth-order valence-corrected chi connectivity index (χ4v) is 4.11. The normalized spacial score (nSPS) is 11.2. The van der Waals surface area contributed by atoms with Crippen molar-refractivity contribution in [3.8, 4) is 11.8 Å². The van der Waals surface area contributed by atoms with E-state index >= 15 is 0 Å². The van der Waals surface area contributed by atoms with E-state index in [1.807, 2.05) is 68.4 Å². The van der Waals surface area contributed by atoms with Gasteiger partial charge < -0.3 is 14.7 Å². The number of rotatable bonds is 8. The summed E-state index contributed by atoms with van der Waals surface area (Å²) in [6, 6.07) is 17.4. The molecule has 0 saturated heterocycles. The van der Waals surface area contributed by atoms with Gasteiger partial charge in [0.2, 0.25) is 5.91 Å². The standard InChI is InChI=1S/C27H29N3O4/c1-18(2)14-25-26(34-17-20-10-6-5-7-11-20)28-23(27(33-4)30(25)32)15-21-16-29(19(3)31)24-13-9-8-12-22(21)24/h5-13,16,18H,14-15,17H2,1-4H3. The third kappa shape index (κ3) is 4.73. The Bertz CT molecular complexity index is 1310. The Kier molecular flexibility index (Phi) is 6.82. The van der Waals surface area contributed by atoms with Crippen molar-refractivity contribution in [1.82, 2.24) is 9.55 Å². The number of hydrogen-bond acceptors (Lipinski definition) is 5. The predicted molar refractivity (Wildman–Crippen MR) is 130 cm³/mol. The molecule has 0 aliphatic rings. The quantitative estimate of drug-likeness (QED) is 0.282. The van der Waals surface area contributed by atoms with Gasteiger partial charge in [0.1, 0.15) is 6.61 Å². The van der Waals surface area contributed by atoms with Gasteiger partial charge in [-0.3, -0.25) is 9.36 Å². The Balaban J connectivity index is 1.78. The molecule has 0 radical (unpaired) electrons. The Morgan fingerprint density at radius 3 is 2.50 bits per heavy atom. The lowest BCUT2D eigenvalue weighted by Crippen LogP contribution is -2.37. The first-order valence-corrected chi connectivity index (χ1v) is 11.3. The smallest absolute Gasteiger partial charge is 0.402 e. The topological polar surface area (TPSA) is 80.3 Å². The second kappa shape index (κ2) is 9.95. The number of nitrogens with zero attached hydrogens (tertiary/aromatic N) is 3. The number of fused-ring (bicyclic) bond motifs is 1. The highest BCUT2D eigenvalue weighted by Gasteiger charge is 2.28. The van der Waals surface area contributed by atoms with Crippen LogP contribution in [0.5, 0.6) is 11.8 Å². The van der Waals surface area contributed by atoms with Gasteiger partial charge in [0.05, 0.1) is 12.6 Å². The van der Waals surface area contributed by atoms with Gasteiger partial charge in [0.25, 0.3) is 11.6 Å². The van der Waals surface area contributed by atoms with Crippen LogP contribution in [0.2, 0.25) is 0 Å². The first-order valence-electron chi connectivity index (χ1n) is 11.3. The third-order valence-electron chi connectivity index (χ3n) is 5.66. The van der Waals surface area contributed by atoms with Gasteiger partial charge in [-0.05, 0) is 23.1 Å². The molecule has 2 heterocycles. The molecule has 0 N–H and O–H groups in total. The van der Waals surface area contributed by atoms with Gasteiger partial charge in [-0.2, -0.15) is 0 Å². The van der Waals surface area contributed by atoms with Crippen LogP contribution in [-0.4, -0.2) is 22.6 Å². The second-order valence-electron chi connectivity index (χ2n) is 8.72. The van der Waals surface area contributed by atoms with Gasteiger partial charge in [-0.1, -0.05) is 62.4 Å². The van der Waals surface area contributed by atoms with Crippen molar-refractivity contribution in [3.05, 3.63) is 88.5 Å². The van der Waals surface area contributed by atoms with Crippen molar-refractivity contribution in [2.75, 3.05) is 7.11 Å². The molecule has 2 aromatic carbocycles. The zero-order valence-corrected chi connectivity index (χ0v) is 19.9. The summed E-state index contributed by atoms with van der Waals surface area (Å²) in [6.45, 7) is 5.90. The summed E-state index contributed by atoms with van der Waals surface area (Å²) in [5.74, 6) is 0.589. The minimum atomic E-state index is -0.0829. The number of hydrogen-bond donors (Lipinski definition) is 0. The van der Waals surface area contributed by atoms with Crippen molar-refractivity contribution < 1.29 is 19.0 Å². The molecule has 0 bridgehead atoms. The first kappa shape index (κ1) is 23.3. The van der Waals surface area contributed by atoms with Gasteiger partial charge in [-0.25, -0.2) is 4.98 Å². The van der Waals surface area contributed by atoms with Crippen LogP contribution in [0.4, 0.5) is 0 Å². The lowest BCUT2D eigenvalue weighted by atomic mass is 10.1. The van der Waals surface area contributed by atoms with Crippen molar-refractivity contribution in [2.24, 2.45) is 5.92 Å². The second-order valence-corrected chi connectivity index (χ2v) is 8.72. The lowest BCUT2D eigenvalue weighted by molar-refractivity contribution is -0.622. The van der Waals surface area contributed by atoms with Crippen LogP contribution in [0.15, 0.2) is 60.8 Å². The molecule has 0 amide bonds. The fraction of sp³-hybridized carbons (Fsp3) is 0.296. The van der Waals surface area contributed by atoms with Gasteiger partial charge >= 0.3 is 5.88 Å². The Morgan fingerprint density at radius 2 is 1.82 bits per heavy atom. The van der Waals surface area contributed by atoms with E-state index in [1.54, 1.807) is 10.8 Å². The van der Waals surface area contributed by atoms with E-state index in [9.17, 15) is 10.0 Å². The van der Waals surface area contributed by atoms with E-state index in [2.05, 4.69) is 0 Å². The Hall–Kier alpha value is -3.87. The summed E-state index contributed by atoms with van der Waals surface area (Å²) in [7, 11) is 1.47. The average molecular weight is 460 g/mol. The van der Waals surface area contributed by atoms with Crippen LogP contribution in [0.25, 0.3) is 10.9 Å². The molecule has 34 heavy (non-hydrogen) atoms.